The summed E-state index contributed by atoms with van der Waals surface area (Å²) in [4.78, 5) is 30.5. The molecule has 2 atom stereocenters. The van der Waals surface area contributed by atoms with Gasteiger partial charge in [0.2, 0.25) is 5.91 Å². The van der Waals surface area contributed by atoms with Gasteiger partial charge < -0.3 is 19.3 Å². The Bertz CT molecular complexity index is 950. The van der Waals surface area contributed by atoms with E-state index in [0.29, 0.717) is 24.4 Å². The van der Waals surface area contributed by atoms with Crippen molar-refractivity contribution in [1.29, 1.82) is 0 Å². The molecule has 164 valence electrons. The number of hydrogen-bond donors (Lipinski definition) is 0. The molecule has 0 spiro atoms. The first-order valence-corrected chi connectivity index (χ1v) is 10.9. The van der Waals surface area contributed by atoms with Crippen LogP contribution in [0.2, 0.25) is 0 Å². The molecule has 0 radical (unpaired) electrons. The molecule has 2 amide bonds. The molecule has 6 nitrogen and oxygen atoms in total. The monoisotopic (exact) mass is 422 g/mol. The Kier molecular flexibility index (Phi) is 6.16. The lowest BCUT2D eigenvalue weighted by Gasteiger charge is -2.25. The highest BCUT2D eigenvalue weighted by molar-refractivity contribution is 5.95. The summed E-state index contributed by atoms with van der Waals surface area (Å²) in [6.45, 7) is 4.47. The smallest absolute Gasteiger partial charge is 0.253 e. The largest absolute Gasteiger partial charge is 0.497 e. The predicted molar refractivity (Wildman–Crippen MR) is 119 cm³/mol. The van der Waals surface area contributed by atoms with E-state index in [-0.39, 0.29) is 23.7 Å². The normalized spacial score (nSPS) is 20.7. The van der Waals surface area contributed by atoms with E-state index in [2.05, 4.69) is 0 Å². The number of carbonyl (C=O) groups excluding carboxylic acids is 2. The first-order chi connectivity index (χ1) is 15.0. The molecule has 0 bridgehead atoms. The number of rotatable bonds is 5. The Labute approximate surface area is 183 Å². The molecular formula is C25H30N2O4. The fourth-order valence-electron chi connectivity index (χ4n) is 4.71. The summed E-state index contributed by atoms with van der Waals surface area (Å²) in [6, 6.07) is 13.3. The van der Waals surface area contributed by atoms with Gasteiger partial charge in [0.1, 0.15) is 11.5 Å². The molecule has 6 heteroatoms. The van der Waals surface area contributed by atoms with E-state index in [1.807, 2.05) is 59.2 Å². The van der Waals surface area contributed by atoms with Gasteiger partial charge in [-0.3, -0.25) is 9.59 Å². The van der Waals surface area contributed by atoms with Gasteiger partial charge in [0.25, 0.3) is 5.91 Å². The Morgan fingerprint density at radius 3 is 2.26 bits per heavy atom. The molecule has 2 fully saturated rings. The summed E-state index contributed by atoms with van der Waals surface area (Å²) in [5, 5.41) is 0. The number of nitrogens with zero attached hydrogens (tertiary/aromatic N) is 2. The van der Waals surface area contributed by atoms with E-state index < -0.39 is 0 Å². The third kappa shape index (κ3) is 4.24. The van der Waals surface area contributed by atoms with Crippen LogP contribution in [0.25, 0.3) is 0 Å². The summed E-state index contributed by atoms with van der Waals surface area (Å²) < 4.78 is 11.1. The van der Waals surface area contributed by atoms with E-state index in [4.69, 9.17) is 9.47 Å². The van der Waals surface area contributed by atoms with Crippen LogP contribution in [0, 0.1) is 12.8 Å². The molecule has 2 aromatic rings. The molecule has 0 aliphatic carbocycles. The van der Waals surface area contributed by atoms with Crippen LogP contribution < -0.4 is 9.47 Å². The fraction of sp³-hybridized carbons (Fsp3) is 0.440. The molecule has 2 aliphatic rings. The van der Waals surface area contributed by atoms with Crippen LogP contribution in [0.3, 0.4) is 0 Å². The standard InChI is InChI=1S/C25H30N2O4/c1-17-6-8-18(9-7-17)24(28)27-15-21(20-14-19(30-2)10-11-23(20)31-3)22(16-27)25(29)26-12-4-5-13-26/h6-11,14,21-22H,4-5,12-13,15-16H2,1-3H3. The minimum absolute atomic E-state index is 0.0383. The number of ether oxygens (including phenoxy) is 2. The first kappa shape index (κ1) is 21.2. The zero-order valence-corrected chi connectivity index (χ0v) is 18.5. The SMILES string of the molecule is COc1ccc(OC)c(C2CN(C(=O)c3ccc(C)cc3)CC2C(=O)N2CCCC2)c1. The number of hydrogen-bond acceptors (Lipinski definition) is 4. The summed E-state index contributed by atoms with van der Waals surface area (Å²) in [5.74, 6) is 1.08. The zero-order valence-electron chi connectivity index (χ0n) is 18.5. The minimum atomic E-state index is -0.298. The van der Waals surface area contributed by atoms with Crippen molar-refractivity contribution >= 4 is 11.8 Å². The Balaban J connectivity index is 1.68. The quantitative estimate of drug-likeness (QED) is 0.740. The molecule has 2 aliphatic heterocycles. The number of amides is 2. The third-order valence-corrected chi connectivity index (χ3v) is 6.48. The van der Waals surface area contributed by atoms with Crippen LogP contribution in [0.5, 0.6) is 11.5 Å². The van der Waals surface area contributed by atoms with E-state index in [1.165, 1.54) is 0 Å². The summed E-state index contributed by atoms with van der Waals surface area (Å²) >= 11 is 0. The molecular weight excluding hydrogens is 392 g/mol. The van der Waals surface area contributed by atoms with Crippen LogP contribution >= 0.6 is 0 Å². The van der Waals surface area contributed by atoms with Crippen molar-refractivity contribution in [1.82, 2.24) is 9.80 Å². The Morgan fingerprint density at radius 2 is 1.61 bits per heavy atom. The average molecular weight is 423 g/mol. The number of benzene rings is 2. The van der Waals surface area contributed by atoms with Crippen LogP contribution in [-0.2, 0) is 4.79 Å². The predicted octanol–water partition coefficient (Wildman–Crippen LogP) is 3.49. The number of aryl methyl sites for hydroxylation is 1. The van der Waals surface area contributed by atoms with Crippen molar-refractivity contribution in [3.8, 4) is 11.5 Å². The molecule has 2 heterocycles. The van der Waals surface area contributed by atoms with E-state index in [0.717, 1.165) is 42.8 Å². The van der Waals surface area contributed by atoms with Crippen LogP contribution in [0.4, 0.5) is 0 Å². The van der Waals surface area contributed by atoms with Crippen molar-refractivity contribution in [3.63, 3.8) is 0 Å². The lowest BCUT2D eigenvalue weighted by atomic mass is 9.87. The second-order valence-corrected chi connectivity index (χ2v) is 8.43. The van der Waals surface area contributed by atoms with E-state index in [1.54, 1.807) is 14.2 Å². The zero-order chi connectivity index (χ0) is 22.0. The second kappa shape index (κ2) is 9.00. The van der Waals surface area contributed by atoms with Gasteiger partial charge in [0, 0.05) is 43.2 Å². The van der Waals surface area contributed by atoms with Gasteiger partial charge in [0.05, 0.1) is 20.1 Å². The van der Waals surface area contributed by atoms with Crippen molar-refractivity contribution in [3.05, 3.63) is 59.2 Å². The highest BCUT2D eigenvalue weighted by Crippen LogP contribution is 2.41. The van der Waals surface area contributed by atoms with Crippen molar-refractivity contribution < 1.29 is 19.1 Å². The minimum Gasteiger partial charge on any atom is -0.497 e. The maximum Gasteiger partial charge on any atom is 0.253 e. The number of carbonyl (C=O) groups is 2. The van der Waals surface area contributed by atoms with Crippen molar-refractivity contribution in [2.24, 2.45) is 5.92 Å². The van der Waals surface area contributed by atoms with Crippen molar-refractivity contribution in [2.75, 3.05) is 40.4 Å². The lowest BCUT2D eigenvalue weighted by molar-refractivity contribution is -0.134. The van der Waals surface area contributed by atoms with Gasteiger partial charge in [-0.15, -0.1) is 0 Å². The van der Waals surface area contributed by atoms with E-state index in [9.17, 15) is 9.59 Å². The highest BCUT2D eigenvalue weighted by Gasteiger charge is 2.43. The van der Waals surface area contributed by atoms with Gasteiger partial charge in [-0.05, 0) is 50.1 Å². The van der Waals surface area contributed by atoms with Gasteiger partial charge in [-0.1, -0.05) is 17.7 Å². The fourth-order valence-corrected chi connectivity index (χ4v) is 4.71. The van der Waals surface area contributed by atoms with Gasteiger partial charge >= 0.3 is 0 Å². The Morgan fingerprint density at radius 1 is 0.903 bits per heavy atom. The maximum atomic E-state index is 13.5. The maximum absolute atomic E-state index is 13.5. The summed E-state index contributed by atoms with van der Waals surface area (Å²) in [6.07, 6.45) is 2.08. The Hall–Kier alpha value is -3.02. The van der Waals surface area contributed by atoms with Crippen molar-refractivity contribution in [2.45, 2.75) is 25.7 Å². The first-order valence-electron chi connectivity index (χ1n) is 10.9. The molecule has 0 N–H and O–H groups in total. The second-order valence-electron chi connectivity index (χ2n) is 8.43. The van der Waals surface area contributed by atoms with Gasteiger partial charge in [-0.25, -0.2) is 0 Å². The van der Waals surface area contributed by atoms with Gasteiger partial charge in [-0.2, -0.15) is 0 Å². The molecule has 2 saturated heterocycles. The van der Waals surface area contributed by atoms with Crippen LogP contribution in [0.15, 0.2) is 42.5 Å². The van der Waals surface area contributed by atoms with Gasteiger partial charge in [0.15, 0.2) is 0 Å². The van der Waals surface area contributed by atoms with Crippen LogP contribution in [-0.4, -0.2) is 62.0 Å². The summed E-state index contributed by atoms with van der Waals surface area (Å²) in [7, 11) is 3.26. The number of methoxy groups -OCH3 is 2. The molecule has 0 saturated carbocycles. The molecule has 31 heavy (non-hydrogen) atoms. The molecule has 4 rings (SSSR count). The average Bonchev–Trinajstić information content (AvgIpc) is 3.49. The lowest BCUT2D eigenvalue weighted by Crippen LogP contribution is -2.37. The van der Waals surface area contributed by atoms with E-state index >= 15 is 0 Å². The number of likely N-dealkylation sites (tertiary alicyclic amines) is 2. The topological polar surface area (TPSA) is 59.1 Å². The highest BCUT2D eigenvalue weighted by atomic mass is 16.5. The van der Waals surface area contributed by atoms with Crippen LogP contribution in [0.1, 0.15) is 40.2 Å². The third-order valence-electron chi connectivity index (χ3n) is 6.48. The molecule has 2 aromatic carbocycles. The molecule has 2 unspecified atom stereocenters. The molecule has 0 aromatic heterocycles. The summed E-state index contributed by atoms with van der Waals surface area (Å²) in [5.41, 5.74) is 2.67.